The molecule has 0 bridgehead atoms. The Bertz CT molecular complexity index is 1550. The number of aryl methyl sites for hydroxylation is 2. The zero-order chi connectivity index (χ0) is 28.7. The first-order chi connectivity index (χ1) is 18.2. The molecule has 0 fully saturated rings. The molecule has 2 heterocycles. The van der Waals surface area contributed by atoms with E-state index in [1.54, 1.807) is 0 Å². The lowest BCUT2D eigenvalue weighted by atomic mass is 10.0. The number of nitrogens with zero attached hydrogens (tertiary/aromatic N) is 5. The molecule has 4 aromatic rings. The molecule has 0 spiro atoms. The summed E-state index contributed by atoms with van der Waals surface area (Å²) >= 11 is 0. The predicted molar refractivity (Wildman–Crippen MR) is 125 cm³/mol. The number of alkyl halides is 6. The number of amides is 1. The Kier molecular flexibility index (Phi) is 7.17. The highest BCUT2D eigenvalue weighted by atomic mass is 19.4. The van der Waals surface area contributed by atoms with E-state index in [1.165, 1.54) is 44.4 Å². The van der Waals surface area contributed by atoms with Crippen LogP contribution in [0.15, 0.2) is 54.9 Å². The van der Waals surface area contributed by atoms with E-state index < -0.39 is 53.2 Å². The van der Waals surface area contributed by atoms with Crippen molar-refractivity contribution in [2.75, 3.05) is 4.90 Å². The second-order valence-corrected chi connectivity index (χ2v) is 8.33. The first kappa shape index (κ1) is 27.7. The van der Waals surface area contributed by atoms with E-state index in [0.717, 1.165) is 16.9 Å². The van der Waals surface area contributed by atoms with Gasteiger partial charge in [-0.15, -0.1) is 0 Å². The fourth-order valence-corrected chi connectivity index (χ4v) is 3.93. The van der Waals surface area contributed by atoms with E-state index in [2.05, 4.69) is 15.1 Å². The Morgan fingerprint density at radius 1 is 1.03 bits per heavy atom. The van der Waals surface area contributed by atoms with Crippen LogP contribution >= 0.6 is 0 Å². The SMILES string of the molecule is Cc1ncc(N(C(=O)C(F)(F)F)c2cc(-c3ccn(C)n3)c(C(F)(F)F)cc2F)c(-c2ccccc2CO)n1. The molecule has 0 aliphatic carbocycles. The van der Waals surface area contributed by atoms with Gasteiger partial charge in [0.15, 0.2) is 0 Å². The van der Waals surface area contributed by atoms with Gasteiger partial charge < -0.3 is 5.11 Å². The summed E-state index contributed by atoms with van der Waals surface area (Å²) in [7, 11) is 1.40. The highest BCUT2D eigenvalue weighted by molar-refractivity contribution is 6.06. The average molecular weight is 553 g/mol. The summed E-state index contributed by atoms with van der Waals surface area (Å²) < 4.78 is 99.6. The van der Waals surface area contributed by atoms with Gasteiger partial charge in [0.2, 0.25) is 0 Å². The van der Waals surface area contributed by atoms with Crippen LogP contribution in [0.3, 0.4) is 0 Å². The summed E-state index contributed by atoms with van der Waals surface area (Å²) in [6.07, 6.45) is -8.58. The Labute approximate surface area is 216 Å². The maximum atomic E-state index is 15.4. The van der Waals surface area contributed by atoms with E-state index in [4.69, 9.17) is 0 Å². The van der Waals surface area contributed by atoms with E-state index >= 15 is 4.39 Å². The molecular formula is C25H18F7N5O2. The number of halogens is 7. The molecule has 0 radical (unpaired) electrons. The van der Waals surface area contributed by atoms with Crippen LogP contribution in [0.25, 0.3) is 22.5 Å². The summed E-state index contributed by atoms with van der Waals surface area (Å²) in [6, 6.07) is 7.51. The van der Waals surface area contributed by atoms with Crippen molar-refractivity contribution in [2.45, 2.75) is 25.9 Å². The monoisotopic (exact) mass is 553 g/mol. The maximum Gasteiger partial charge on any atom is 0.472 e. The molecule has 2 aromatic carbocycles. The first-order valence-corrected chi connectivity index (χ1v) is 11.1. The first-order valence-electron chi connectivity index (χ1n) is 11.1. The summed E-state index contributed by atoms with van der Waals surface area (Å²) in [5.41, 5.74) is -4.38. The van der Waals surface area contributed by atoms with Crippen molar-refractivity contribution < 1.29 is 40.6 Å². The van der Waals surface area contributed by atoms with Crippen LogP contribution in [0.1, 0.15) is 17.0 Å². The molecule has 0 atom stereocenters. The molecule has 2 aromatic heterocycles. The number of carbonyl (C=O) groups excluding carboxylic acids is 1. The Hall–Kier alpha value is -4.33. The molecule has 0 saturated heterocycles. The molecule has 7 nitrogen and oxygen atoms in total. The minimum Gasteiger partial charge on any atom is -0.392 e. The number of hydrogen-bond acceptors (Lipinski definition) is 5. The third-order valence-electron chi connectivity index (χ3n) is 5.64. The normalized spacial score (nSPS) is 12.1. The number of hydrogen-bond donors (Lipinski definition) is 1. The topological polar surface area (TPSA) is 84.1 Å². The lowest BCUT2D eigenvalue weighted by Crippen LogP contribution is -2.39. The third kappa shape index (κ3) is 5.46. The molecule has 0 unspecified atom stereocenters. The molecule has 0 saturated carbocycles. The Morgan fingerprint density at radius 3 is 2.31 bits per heavy atom. The highest BCUT2D eigenvalue weighted by Crippen LogP contribution is 2.44. The van der Waals surface area contributed by atoms with Gasteiger partial charge in [-0.05, 0) is 30.7 Å². The largest absolute Gasteiger partial charge is 0.472 e. The molecule has 1 N–H and O–H groups in total. The lowest BCUT2D eigenvalue weighted by molar-refractivity contribution is -0.169. The van der Waals surface area contributed by atoms with Crippen molar-refractivity contribution in [3.63, 3.8) is 0 Å². The van der Waals surface area contributed by atoms with Crippen molar-refractivity contribution in [3.05, 3.63) is 77.6 Å². The number of aliphatic hydroxyl groups excluding tert-OH is 1. The molecule has 14 heteroatoms. The van der Waals surface area contributed by atoms with E-state index in [9.17, 15) is 36.2 Å². The van der Waals surface area contributed by atoms with Crippen LogP contribution in [0, 0.1) is 12.7 Å². The van der Waals surface area contributed by atoms with Crippen molar-refractivity contribution in [2.24, 2.45) is 7.05 Å². The van der Waals surface area contributed by atoms with E-state index in [0.29, 0.717) is 6.07 Å². The fourth-order valence-electron chi connectivity index (χ4n) is 3.93. The number of carbonyl (C=O) groups is 1. The minimum absolute atomic E-state index is 0.00634. The molecule has 4 rings (SSSR count). The zero-order valence-corrected chi connectivity index (χ0v) is 20.1. The second kappa shape index (κ2) is 10.1. The predicted octanol–water partition coefficient (Wildman–Crippen LogP) is 5.73. The van der Waals surface area contributed by atoms with Gasteiger partial charge in [0.25, 0.3) is 0 Å². The van der Waals surface area contributed by atoms with Gasteiger partial charge in [0.1, 0.15) is 11.6 Å². The minimum atomic E-state index is -5.58. The molecule has 0 aliphatic heterocycles. The third-order valence-corrected chi connectivity index (χ3v) is 5.64. The number of benzene rings is 2. The van der Waals surface area contributed by atoms with Crippen molar-refractivity contribution in [1.29, 1.82) is 0 Å². The Balaban J connectivity index is 2.08. The van der Waals surface area contributed by atoms with Gasteiger partial charge in [0.05, 0.1) is 41.1 Å². The van der Waals surface area contributed by atoms with E-state index in [-0.39, 0.29) is 39.3 Å². The standard InChI is InChI=1S/C25H18F7N5O2/c1-13-33-11-21(22(34-13)15-6-4-3-5-14(15)12-38)37(23(39)25(30,31)32)20-9-16(19-7-8-36(2)35-19)17(10-18(20)26)24(27,28)29/h3-11,38H,12H2,1-2H3. The molecule has 1 amide bonds. The van der Waals surface area contributed by atoms with Gasteiger partial charge in [-0.2, -0.15) is 31.4 Å². The van der Waals surface area contributed by atoms with Crippen molar-refractivity contribution in [1.82, 2.24) is 19.7 Å². The highest BCUT2D eigenvalue weighted by Gasteiger charge is 2.46. The van der Waals surface area contributed by atoms with Gasteiger partial charge in [-0.3, -0.25) is 14.4 Å². The molecule has 39 heavy (non-hydrogen) atoms. The number of rotatable bonds is 5. The average Bonchev–Trinajstić information content (AvgIpc) is 3.30. The zero-order valence-electron chi connectivity index (χ0n) is 20.1. The second-order valence-electron chi connectivity index (χ2n) is 8.33. The van der Waals surface area contributed by atoms with Crippen LogP contribution in [0.2, 0.25) is 0 Å². The summed E-state index contributed by atoms with van der Waals surface area (Å²) in [6.45, 7) is 0.840. The van der Waals surface area contributed by atoms with Crippen molar-refractivity contribution in [3.8, 4) is 22.5 Å². The number of anilines is 2. The molecule has 0 aliphatic rings. The van der Waals surface area contributed by atoms with Crippen molar-refractivity contribution >= 4 is 17.3 Å². The van der Waals surface area contributed by atoms with Gasteiger partial charge in [0, 0.05) is 24.4 Å². The summed E-state index contributed by atoms with van der Waals surface area (Å²) in [4.78, 5) is 20.6. The summed E-state index contributed by atoms with van der Waals surface area (Å²) in [5, 5.41) is 13.6. The smallest absolute Gasteiger partial charge is 0.392 e. The number of aliphatic hydroxyl groups is 1. The van der Waals surface area contributed by atoms with Crippen LogP contribution in [-0.2, 0) is 24.6 Å². The number of aromatic nitrogens is 4. The van der Waals surface area contributed by atoms with Gasteiger partial charge in [-0.25, -0.2) is 14.4 Å². The summed E-state index contributed by atoms with van der Waals surface area (Å²) in [5.74, 6) is -4.31. The van der Waals surface area contributed by atoms with Gasteiger partial charge >= 0.3 is 18.3 Å². The van der Waals surface area contributed by atoms with Crippen LogP contribution in [-0.4, -0.2) is 36.9 Å². The quantitative estimate of drug-likeness (QED) is 0.319. The van der Waals surface area contributed by atoms with Crippen LogP contribution < -0.4 is 4.90 Å². The molecular weight excluding hydrogens is 535 g/mol. The lowest BCUT2D eigenvalue weighted by Gasteiger charge is -2.27. The van der Waals surface area contributed by atoms with Crippen LogP contribution in [0.4, 0.5) is 42.1 Å². The maximum absolute atomic E-state index is 15.4. The fraction of sp³-hybridized carbons (Fsp3) is 0.200. The van der Waals surface area contributed by atoms with Crippen LogP contribution in [0.5, 0.6) is 0 Å². The molecule has 204 valence electrons. The van der Waals surface area contributed by atoms with E-state index in [1.807, 2.05) is 0 Å². The Morgan fingerprint density at radius 2 is 1.72 bits per heavy atom. The van der Waals surface area contributed by atoms with Gasteiger partial charge in [-0.1, -0.05) is 24.3 Å².